The first kappa shape index (κ1) is 17.4. The summed E-state index contributed by atoms with van der Waals surface area (Å²) >= 11 is 0. The molecule has 1 aromatic rings. The van der Waals surface area contributed by atoms with Crippen LogP contribution < -0.4 is 9.67 Å². The monoisotopic (exact) mass is 298 g/mol. The summed E-state index contributed by atoms with van der Waals surface area (Å²) in [5, 5.41) is 25.6. The maximum absolute atomic E-state index is 10.5. The quantitative estimate of drug-likeness (QED) is 0.635. The Labute approximate surface area is 109 Å². The van der Waals surface area contributed by atoms with Gasteiger partial charge in [-0.2, -0.15) is 13.2 Å². The zero-order valence-corrected chi connectivity index (χ0v) is 9.70. The van der Waals surface area contributed by atoms with Gasteiger partial charge in [0.1, 0.15) is 18.4 Å². The van der Waals surface area contributed by atoms with Gasteiger partial charge in [0.05, 0.1) is 0 Å². The number of alkyl halides is 3. The fourth-order valence-electron chi connectivity index (χ4n) is 0.938. The molecule has 0 atom stereocenters. The van der Waals surface area contributed by atoms with Crippen LogP contribution in [0.15, 0.2) is 18.7 Å². The normalized spacial score (nSPS) is 10.3. The number of nitrogens with zero attached hydrogens (tertiary/aromatic N) is 2. The third-order valence-corrected chi connectivity index (χ3v) is 1.61. The van der Waals surface area contributed by atoms with Crippen molar-refractivity contribution in [1.29, 1.82) is 0 Å². The predicted molar refractivity (Wildman–Crippen MR) is 51.0 cm³/mol. The minimum atomic E-state index is -5.19. The Balaban J connectivity index is 0.000000441. The molecule has 0 fully saturated rings. The second-order valence-corrected chi connectivity index (χ2v) is 3.33. The van der Waals surface area contributed by atoms with Crippen LogP contribution in [0.4, 0.5) is 13.2 Å². The molecule has 2 N–H and O–H groups in total. The van der Waals surface area contributed by atoms with Crippen molar-refractivity contribution in [1.82, 2.24) is 4.57 Å². The lowest BCUT2D eigenvalue weighted by molar-refractivity contribution is -0.685. The van der Waals surface area contributed by atoms with Crippen molar-refractivity contribution in [3.05, 3.63) is 18.7 Å². The SMILES string of the molecule is O=C(O)Cn1cc[n+](CC(=O)O)c1.O=C([O-])C(F)(F)F. The topological polar surface area (TPSA) is 124 Å². The number of aliphatic carboxylic acids is 3. The number of halogens is 3. The van der Waals surface area contributed by atoms with E-state index in [2.05, 4.69) is 0 Å². The molecule has 0 saturated carbocycles. The van der Waals surface area contributed by atoms with Gasteiger partial charge in [0.2, 0.25) is 6.33 Å². The van der Waals surface area contributed by atoms with Crippen LogP contribution in [0.1, 0.15) is 0 Å². The minimum absolute atomic E-state index is 0.160. The van der Waals surface area contributed by atoms with Gasteiger partial charge >= 0.3 is 18.1 Å². The zero-order valence-electron chi connectivity index (χ0n) is 9.70. The minimum Gasteiger partial charge on any atom is -0.542 e. The fraction of sp³-hybridized carbons (Fsp3) is 0.333. The van der Waals surface area contributed by atoms with E-state index in [-0.39, 0.29) is 13.1 Å². The number of aromatic nitrogens is 2. The summed E-state index contributed by atoms with van der Waals surface area (Å²) in [6.07, 6.45) is -0.740. The molecule has 0 radical (unpaired) electrons. The van der Waals surface area contributed by atoms with Crippen LogP contribution in [-0.4, -0.2) is 38.9 Å². The Morgan fingerprint density at radius 1 is 1.20 bits per heavy atom. The number of imidazole rings is 1. The first-order valence-corrected chi connectivity index (χ1v) is 4.79. The molecule has 0 unspecified atom stereocenters. The molecular formula is C9H9F3N2O6. The smallest absolute Gasteiger partial charge is 0.430 e. The Hall–Kier alpha value is -2.59. The molecule has 11 heteroatoms. The molecule has 1 heterocycles. The van der Waals surface area contributed by atoms with Crippen LogP contribution >= 0.6 is 0 Å². The van der Waals surface area contributed by atoms with Crippen LogP contribution in [0.3, 0.4) is 0 Å². The van der Waals surface area contributed by atoms with Gasteiger partial charge in [0, 0.05) is 0 Å². The lowest BCUT2D eigenvalue weighted by Crippen LogP contribution is -2.37. The van der Waals surface area contributed by atoms with E-state index in [4.69, 9.17) is 20.1 Å². The average Bonchev–Trinajstić information content (AvgIpc) is 2.62. The molecule has 8 nitrogen and oxygen atoms in total. The number of carboxylic acids is 3. The van der Waals surface area contributed by atoms with Crippen molar-refractivity contribution in [3.63, 3.8) is 0 Å². The third-order valence-electron chi connectivity index (χ3n) is 1.61. The number of hydrogen-bond acceptors (Lipinski definition) is 4. The highest BCUT2D eigenvalue weighted by Crippen LogP contribution is 2.11. The second kappa shape index (κ2) is 7.11. The molecule has 0 aliphatic carbocycles. The molecule has 112 valence electrons. The maximum atomic E-state index is 10.5. The number of carbonyl (C=O) groups is 3. The highest BCUT2D eigenvalue weighted by atomic mass is 19.4. The van der Waals surface area contributed by atoms with E-state index in [1.807, 2.05) is 0 Å². The molecule has 0 aliphatic heterocycles. The lowest BCUT2D eigenvalue weighted by Gasteiger charge is -2.03. The van der Waals surface area contributed by atoms with Crippen molar-refractivity contribution in [2.75, 3.05) is 0 Å². The first-order valence-electron chi connectivity index (χ1n) is 4.79. The van der Waals surface area contributed by atoms with Gasteiger partial charge in [-0.3, -0.25) is 0 Å². The summed E-state index contributed by atoms with van der Waals surface area (Å²) in [4.78, 5) is 29.3. The molecule has 0 aliphatic rings. The van der Waals surface area contributed by atoms with Crippen LogP contribution in [0.2, 0.25) is 0 Å². The Kier molecular flexibility index (Phi) is 6.19. The molecule has 0 spiro atoms. The van der Waals surface area contributed by atoms with Gasteiger partial charge in [0.15, 0.2) is 13.1 Å². The summed E-state index contributed by atoms with van der Waals surface area (Å²) in [5.41, 5.74) is 0. The number of rotatable bonds is 4. The summed E-state index contributed by atoms with van der Waals surface area (Å²) < 4.78 is 34.3. The van der Waals surface area contributed by atoms with Crippen molar-refractivity contribution >= 4 is 17.9 Å². The summed E-state index contributed by atoms with van der Waals surface area (Å²) in [6, 6.07) is 0. The van der Waals surface area contributed by atoms with E-state index in [9.17, 15) is 22.8 Å². The first-order chi connectivity index (χ1) is 9.02. The number of hydrogen-bond donors (Lipinski definition) is 2. The molecular weight excluding hydrogens is 289 g/mol. The molecule has 0 aromatic carbocycles. The van der Waals surface area contributed by atoms with E-state index < -0.39 is 24.1 Å². The Morgan fingerprint density at radius 2 is 1.70 bits per heavy atom. The van der Waals surface area contributed by atoms with Crippen molar-refractivity contribution < 1.29 is 47.4 Å². The van der Waals surface area contributed by atoms with E-state index in [0.717, 1.165) is 0 Å². The average molecular weight is 298 g/mol. The van der Waals surface area contributed by atoms with Crippen molar-refractivity contribution in [2.45, 2.75) is 19.3 Å². The molecule has 0 saturated heterocycles. The molecule has 0 bridgehead atoms. The van der Waals surface area contributed by atoms with Gasteiger partial charge in [-0.1, -0.05) is 0 Å². The Morgan fingerprint density at radius 3 is 2.05 bits per heavy atom. The maximum Gasteiger partial charge on any atom is 0.430 e. The number of carbonyl (C=O) groups excluding carboxylic acids is 1. The molecule has 20 heavy (non-hydrogen) atoms. The van der Waals surface area contributed by atoms with Crippen molar-refractivity contribution in [2.24, 2.45) is 0 Å². The van der Waals surface area contributed by atoms with E-state index >= 15 is 0 Å². The van der Waals surface area contributed by atoms with Gasteiger partial charge in [-0.15, -0.1) is 0 Å². The van der Waals surface area contributed by atoms with Crippen LogP contribution in [0.5, 0.6) is 0 Å². The highest BCUT2D eigenvalue weighted by molar-refractivity contribution is 5.70. The predicted octanol–water partition coefficient (Wildman–Crippen LogP) is -1.76. The summed E-state index contributed by atoms with van der Waals surface area (Å²) in [7, 11) is 0. The van der Waals surface area contributed by atoms with E-state index in [1.165, 1.54) is 27.9 Å². The van der Waals surface area contributed by atoms with Crippen molar-refractivity contribution in [3.8, 4) is 0 Å². The third kappa shape index (κ3) is 7.68. The van der Waals surface area contributed by atoms with Gasteiger partial charge < -0.3 is 20.1 Å². The lowest BCUT2D eigenvalue weighted by atomic mass is 10.6. The van der Waals surface area contributed by atoms with E-state index in [1.54, 1.807) is 0 Å². The second-order valence-electron chi connectivity index (χ2n) is 3.33. The molecule has 1 aromatic heterocycles. The standard InChI is InChI=1S/C7H8N2O4.C2HF3O2/c10-6(11)3-8-1-2-9(5-8)4-7(12)13;3-2(4,5)1(6)7/h1-2,5H,3-4H2,(H-,10,11,12,13);(H,6,7). The van der Waals surface area contributed by atoms with Crippen LogP contribution in [0, 0.1) is 0 Å². The zero-order chi connectivity index (χ0) is 15.9. The summed E-state index contributed by atoms with van der Waals surface area (Å²) in [6.45, 7) is -0.320. The van der Waals surface area contributed by atoms with E-state index in [0.29, 0.717) is 0 Å². The number of carboxylic acid groups (broad SMARTS) is 3. The van der Waals surface area contributed by atoms with Gasteiger partial charge in [-0.05, 0) is 0 Å². The van der Waals surface area contributed by atoms with Crippen LogP contribution in [0.25, 0.3) is 0 Å². The Bertz CT molecular complexity index is 466. The van der Waals surface area contributed by atoms with Crippen LogP contribution in [-0.2, 0) is 27.5 Å². The van der Waals surface area contributed by atoms with Gasteiger partial charge in [-0.25, -0.2) is 18.7 Å². The fourth-order valence-corrected chi connectivity index (χ4v) is 0.938. The summed E-state index contributed by atoms with van der Waals surface area (Å²) in [5.74, 6) is -4.93. The largest absolute Gasteiger partial charge is 0.542 e. The van der Waals surface area contributed by atoms with Gasteiger partial charge in [0.25, 0.3) is 0 Å². The molecule has 0 amide bonds. The molecule has 1 rings (SSSR count). The highest BCUT2D eigenvalue weighted by Gasteiger charge is 2.28.